The molecule has 2 aromatic rings. The van der Waals surface area contributed by atoms with Gasteiger partial charge < -0.3 is 20.9 Å². The molecule has 1 aliphatic rings. The molecule has 8 heteroatoms. The maximum absolute atomic E-state index is 9.23. The molecular weight excluding hydrogens is 260 g/mol. The molecule has 4 N–H and O–H groups in total. The zero-order chi connectivity index (χ0) is 14.3. The van der Waals surface area contributed by atoms with Gasteiger partial charge in [-0.3, -0.25) is 4.57 Å². The molecule has 0 bridgehead atoms. The summed E-state index contributed by atoms with van der Waals surface area (Å²) in [5.41, 5.74) is 7.02. The molecule has 0 aromatic carbocycles. The molecule has 3 rings (SSSR count). The van der Waals surface area contributed by atoms with Gasteiger partial charge in [-0.1, -0.05) is 6.92 Å². The van der Waals surface area contributed by atoms with Gasteiger partial charge in [-0.25, -0.2) is 4.98 Å². The van der Waals surface area contributed by atoms with Gasteiger partial charge in [-0.15, -0.1) is 0 Å². The van der Waals surface area contributed by atoms with Crippen molar-refractivity contribution in [1.82, 2.24) is 19.5 Å². The highest BCUT2D eigenvalue weighted by Crippen LogP contribution is 2.36. The lowest BCUT2D eigenvalue weighted by molar-refractivity contribution is -0.0294. The van der Waals surface area contributed by atoms with Crippen LogP contribution in [0.5, 0.6) is 0 Å². The van der Waals surface area contributed by atoms with E-state index in [0.29, 0.717) is 17.0 Å². The monoisotopic (exact) mass is 278 g/mol. The Morgan fingerprint density at radius 1 is 1.55 bits per heavy atom. The summed E-state index contributed by atoms with van der Waals surface area (Å²) in [6.45, 7) is 2.10. The molecular formula is C12H18N6O2. The topological polar surface area (TPSA) is 111 Å². The van der Waals surface area contributed by atoms with Gasteiger partial charge in [0.25, 0.3) is 0 Å². The third kappa shape index (κ3) is 1.97. The lowest BCUT2D eigenvalue weighted by atomic mass is 10.1. The van der Waals surface area contributed by atoms with E-state index < -0.39 is 0 Å². The fourth-order valence-corrected chi connectivity index (χ4v) is 2.67. The number of nitrogens with one attached hydrogen (secondary N) is 1. The highest BCUT2D eigenvalue weighted by Gasteiger charge is 2.34. The van der Waals surface area contributed by atoms with E-state index in [-0.39, 0.29) is 30.8 Å². The SMILES string of the molecule is CNc1nc(N)nc2c1ncn2[C@@H]1O[C@H](CO)C[C@@H]1C. The quantitative estimate of drug-likeness (QED) is 0.743. The summed E-state index contributed by atoms with van der Waals surface area (Å²) in [7, 11) is 1.76. The van der Waals surface area contributed by atoms with Gasteiger partial charge in [0.1, 0.15) is 6.23 Å². The predicted molar refractivity (Wildman–Crippen MR) is 74.1 cm³/mol. The van der Waals surface area contributed by atoms with E-state index >= 15 is 0 Å². The first-order valence-corrected chi connectivity index (χ1v) is 6.58. The normalized spacial score (nSPS) is 26.2. The Morgan fingerprint density at radius 2 is 2.35 bits per heavy atom. The van der Waals surface area contributed by atoms with Crippen LogP contribution < -0.4 is 11.1 Å². The summed E-state index contributed by atoms with van der Waals surface area (Å²) >= 11 is 0. The van der Waals surface area contributed by atoms with E-state index in [1.807, 2.05) is 4.57 Å². The molecule has 108 valence electrons. The number of aromatic nitrogens is 4. The Bertz CT molecular complexity index is 628. The predicted octanol–water partition coefficient (Wildman–Crippen LogP) is 0.366. The number of ether oxygens (including phenoxy) is 1. The summed E-state index contributed by atoms with van der Waals surface area (Å²) < 4.78 is 7.70. The van der Waals surface area contributed by atoms with Crippen LogP contribution >= 0.6 is 0 Å². The molecule has 8 nitrogen and oxygen atoms in total. The maximum Gasteiger partial charge on any atom is 0.224 e. The molecule has 0 radical (unpaired) electrons. The molecule has 0 aliphatic carbocycles. The number of nitrogens with zero attached hydrogens (tertiary/aromatic N) is 4. The van der Waals surface area contributed by atoms with Crippen LogP contribution in [0.3, 0.4) is 0 Å². The molecule has 0 unspecified atom stereocenters. The lowest BCUT2D eigenvalue weighted by Crippen LogP contribution is -2.15. The van der Waals surface area contributed by atoms with Gasteiger partial charge >= 0.3 is 0 Å². The average molecular weight is 278 g/mol. The van der Waals surface area contributed by atoms with E-state index in [0.717, 1.165) is 6.42 Å². The number of fused-ring (bicyclic) bond motifs is 1. The van der Waals surface area contributed by atoms with Gasteiger partial charge in [0.15, 0.2) is 17.0 Å². The third-order valence-corrected chi connectivity index (χ3v) is 3.61. The molecule has 0 amide bonds. The minimum absolute atomic E-state index is 0.0202. The molecule has 0 saturated carbocycles. The fourth-order valence-electron chi connectivity index (χ4n) is 2.67. The molecule has 1 aliphatic heterocycles. The summed E-state index contributed by atoms with van der Waals surface area (Å²) in [6, 6.07) is 0. The van der Waals surface area contributed by atoms with E-state index in [1.165, 1.54) is 0 Å². The first kappa shape index (κ1) is 13.1. The molecule has 3 heterocycles. The Morgan fingerprint density at radius 3 is 3.00 bits per heavy atom. The van der Waals surface area contributed by atoms with Crippen molar-refractivity contribution < 1.29 is 9.84 Å². The smallest absolute Gasteiger partial charge is 0.224 e. The van der Waals surface area contributed by atoms with Crippen molar-refractivity contribution in [2.75, 3.05) is 24.7 Å². The van der Waals surface area contributed by atoms with Gasteiger partial charge in [0.05, 0.1) is 19.0 Å². The Kier molecular flexibility index (Phi) is 3.19. The van der Waals surface area contributed by atoms with Crippen LogP contribution in [0, 0.1) is 5.92 Å². The second kappa shape index (κ2) is 4.88. The molecule has 2 aromatic heterocycles. The highest BCUT2D eigenvalue weighted by atomic mass is 16.5. The standard InChI is InChI=1S/C12H18N6O2/c1-6-3-7(4-19)20-11(6)18-5-15-8-9(14-2)16-12(13)17-10(8)18/h5-7,11,19H,3-4H2,1-2H3,(H3,13,14,16,17)/t6-,7-,11+/m0/s1. The Hall–Kier alpha value is -1.93. The van der Waals surface area contributed by atoms with Crippen LogP contribution in [0.2, 0.25) is 0 Å². The van der Waals surface area contributed by atoms with Crippen LogP contribution in [0.15, 0.2) is 6.33 Å². The Balaban J connectivity index is 2.07. The Labute approximate surface area is 116 Å². The van der Waals surface area contributed by atoms with Gasteiger partial charge in [-0.05, 0) is 6.42 Å². The van der Waals surface area contributed by atoms with Crippen LogP contribution in [0.25, 0.3) is 11.2 Å². The van der Waals surface area contributed by atoms with Crippen molar-refractivity contribution >= 4 is 22.9 Å². The largest absolute Gasteiger partial charge is 0.394 e. The van der Waals surface area contributed by atoms with E-state index in [2.05, 4.69) is 27.2 Å². The number of aliphatic hydroxyl groups excluding tert-OH is 1. The minimum atomic E-state index is -0.198. The van der Waals surface area contributed by atoms with Crippen LogP contribution in [-0.2, 0) is 4.74 Å². The molecule has 1 fully saturated rings. The average Bonchev–Trinajstić information content (AvgIpc) is 3.00. The summed E-state index contributed by atoms with van der Waals surface area (Å²) in [5, 5.41) is 12.2. The number of nitrogens with two attached hydrogens (primary N) is 1. The number of nitrogen functional groups attached to an aromatic ring is 1. The van der Waals surface area contributed by atoms with E-state index in [4.69, 9.17) is 10.5 Å². The van der Waals surface area contributed by atoms with Crippen LogP contribution in [0.1, 0.15) is 19.6 Å². The number of rotatable bonds is 3. The van der Waals surface area contributed by atoms with Crippen molar-refractivity contribution in [2.24, 2.45) is 5.92 Å². The van der Waals surface area contributed by atoms with Crippen LogP contribution in [0.4, 0.5) is 11.8 Å². The van der Waals surface area contributed by atoms with Crippen molar-refractivity contribution in [3.05, 3.63) is 6.33 Å². The molecule has 0 spiro atoms. The van der Waals surface area contributed by atoms with Crippen molar-refractivity contribution in [2.45, 2.75) is 25.7 Å². The number of hydrogen-bond acceptors (Lipinski definition) is 7. The number of hydrogen-bond donors (Lipinski definition) is 3. The zero-order valence-corrected chi connectivity index (χ0v) is 11.4. The minimum Gasteiger partial charge on any atom is -0.394 e. The summed E-state index contributed by atoms with van der Waals surface area (Å²) in [5.74, 6) is 1.04. The lowest BCUT2D eigenvalue weighted by Gasteiger charge is -2.17. The van der Waals surface area contributed by atoms with Crippen LogP contribution in [-0.4, -0.2) is 44.4 Å². The number of imidazole rings is 1. The molecule has 20 heavy (non-hydrogen) atoms. The zero-order valence-electron chi connectivity index (χ0n) is 11.4. The van der Waals surface area contributed by atoms with Crippen molar-refractivity contribution in [1.29, 1.82) is 0 Å². The maximum atomic E-state index is 9.23. The number of aliphatic hydroxyl groups is 1. The number of anilines is 2. The van der Waals surface area contributed by atoms with Gasteiger partial charge in [0.2, 0.25) is 5.95 Å². The van der Waals surface area contributed by atoms with Crippen molar-refractivity contribution in [3.8, 4) is 0 Å². The molecule has 3 atom stereocenters. The summed E-state index contributed by atoms with van der Waals surface area (Å²) in [6.07, 6.45) is 2.15. The third-order valence-electron chi connectivity index (χ3n) is 3.61. The summed E-state index contributed by atoms with van der Waals surface area (Å²) in [4.78, 5) is 12.7. The van der Waals surface area contributed by atoms with Crippen molar-refractivity contribution in [3.63, 3.8) is 0 Å². The highest BCUT2D eigenvalue weighted by molar-refractivity contribution is 5.84. The fraction of sp³-hybridized carbons (Fsp3) is 0.583. The first-order chi connectivity index (χ1) is 9.63. The first-order valence-electron chi connectivity index (χ1n) is 6.58. The van der Waals surface area contributed by atoms with E-state index in [9.17, 15) is 5.11 Å². The second-order valence-corrected chi connectivity index (χ2v) is 5.05. The molecule has 1 saturated heterocycles. The second-order valence-electron chi connectivity index (χ2n) is 5.05. The van der Waals surface area contributed by atoms with E-state index in [1.54, 1.807) is 13.4 Å². The van der Waals surface area contributed by atoms with Gasteiger partial charge in [0, 0.05) is 13.0 Å². The van der Waals surface area contributed by atoms with Gasteiger partial charge in [-0.2, -0.15) is 9.97 Å².